The van der Waals surface area contributed by atoms with Gasteiger partial charge in [-0.05, 0) is 38.6 Å². The van der Waals surface area contributed by atoms with Crippen LogP contribution >= 0.6 is 0 Å². The highest BCUT2D eigenvalue weighted by Gasteiger charge is 2.17. The Balaban J connectivity index is 2.10. The molecule has 1 heterocycles. The van der Waals surface area contributed by atoms with E-state index in [9.17, 15) is 4.79 Å². The lowest BCUT2D eigenvalue weighted by molar-refractivity contribution is -0.132. The largest absolute Gasteiger partial charge is 0.368 e. The zero-order valence-electron chi connectivity index (χ0n) is 11.1. The maximum atomic E-state index is 11.6. The summed E-state index contributed by atoms with van der Waals surface area (Å²) in [6.45, 7) is 7.52. The summed E-state index contributed by atoms with van der Waals surface area (Å²) in [5.74, 6) is 0.580. The fourth-order valence-electron chi connectivity index (χ4n) is 1.95. The summed E-state index contributed by atoms with van der Waals surface area (Å²) in [6.07, 6.45) is 4.23. The topological polar surface area (TPSA) is 50.4 Å². The Labute approximate surface area is 104 Å². The second-order valence-corrected chi connectivity index (χ2v) is 4.83. The van der Waals surface area contributed by atoms with Crippen molar-refractivity contribution >= 4 is 5.91 Å². The van der Waals surface area contributed by atoms with Crippen LogP contribution in [0.25, 0.3) is 0 Å². The summed E-state index contributed by atoms with van der Waals surface area (Å²) in [5.41, 5.74) is 0. The lowest BCUT2D eigenvalue weighted by Gasteiger charge is -2.24. The number of hydrogen-bond donors (Lipinski definition) is 2. The number of unbranched alkanes of at least 4 members (excludes halogenated alkanes) is 1. The van der Waals surface area contributed by atoms with Crippen LogP contribution in [0, 0.1) is 5.92 Å². The van der Waals surface area contributed by atoms with Gasteiger partial charge in [0.1, 0.15) is 6.10 Å². The molecule has 0 saturated carbocycles. The molecule has 2 unspecified atom stereocenters. The van der Waals surface area contributed by atoms with Gasteiger partial charge in [-0.15, -0.1) is 0 Å². The molecule has 4 heteroatoms. The standard InChI is InChI=1S/C13H26N2O2/c1-3-4-8-15-13(16)11(2)17-10-12-6-5-7-14-9-12/h11-12,14H,3-10H2,1-2H3,(H,15,16). The van der Waals surface area contributed by atoms with E-state index in [-0.39, 0.29) is 12.0 Å². The van der Waals surface area contributed by atoms with Crippen molar-refractivity contribution in [2.24, 2.45) is 5.92 Å². The maximum Gasteiger partial charge on any atom is 0.248 e. The summed E-state index contributed by atoms with van der Waals surface area (Å²) in [4.78, 5) is 11.6. The van der Waals surface area contributed by atoms with E-state index < -0.39 is 0 Å². The van der Waals surface area contributed by atoms with Crippen LogP contribution in [0.4, 0.5) is 0 Å². The van der Waals surface area contributed by atoms with Gasteiger partial charge in [-0.3, -0.25) is 4.79 Å². The van der Waals surface area contributed by atoms with Crippen LogP contribution in [0.3, 0.4) is 0 Å². The quantitative estimate of drug-likeness (QED) is 0.662. The summed E-state index contributed by atoms with van der Waals surface area (Å²) in [5, 5.41) is 6.24. The maximum absolute atomic E-state index is 11.6. The van der Waals surface area contributed by atoms with E-state index in [0.29, 0.717) is 12.5 Å². The van der Waals surface area contributed by atoms with Gasteiger partial charge in [-0.2, -0.15) is 0 Å². The molecular weight excluding hydrogens is 216 g/mol. The first-order valence-corrected chi connectivity index (χ1v) is 6.84. The number of amides is 1. The van der Waals surface area contributed by atoms with Crippen molar-refractivity contribution in [2.45, 2.75) is 45.6 Å². The van der Waals surface area contributed by atoms with Crippen LogP contribution in [-0.2, 0) is 9.53 Å². The molecule has 1 aliphatic rings. The monoisotopic (exact) mass is 242 g/mol. The zero-order valence-corrected chi connectivity index (χ0v) is 11.1. The van der Waals surface area contributed by atoms with Crippen molar-refractivity contribution in [3.8, 4) is 0 Å². The first-order chi connectivity index (χ1) is 8.24. The first kappa shape index (κ1) is 14.5. The lowest BCUT2D eigenvalue weighted by Crippen LogP contribution is -2.38. The third-order valence-electron chi connectivity index (χ3n) is 3.18. The molecule has 1 aliphatic heterocycles. The van der Waals surface area contributed by atoms with Crippen molar-refractivity contribution in [1.29, 1.82) is 0 Å². The van der Waals surface area contributed by atoms with Gasteiger partial charge in [-0.25, -0.2) is 0 Å². The molecule has 1 rings (SSSR count). The van der Waals surface area contributed by atoms with E-state index in [1.807, 2.05) is 6.92 Å². The molecule has 4 nitrogen and oxygen atoms in total. The second-order valence-electron chi connectivity index (χ2n) is 4.83. The van der Waals surface area contributed by atoms with E-state index in [0.717, 1.165) is 32.5 Å². The predicted molar refractivity (Wildman–Crippen MR) is 68.9 cm³/mol. The van der Waals surface area contributed by atoms with E-state index in [1.54, 1.807) is 0 Å². The number of rotatable bonds is 7. The van der Waals surface area contributed by atoms with Crippen LogP contribution in [0.15, 0.2) is 0 Å². The van der Waals surface area contributed by atoms with Crippen LogP contribution in [0.5, 0.6) is 0 Å². The fraction of sp³-hybridized carbons (Fsp3) is 0.923. The van der Waals surface area contributed by atoms with Gasteiger partial charge in [0, 0.05) is 13.1 Å². The van der Waals surface area contributed by atoms with Gasteiger partial charge in [0.15, 0.2) is 0 Å². The van der Waals surface area contributed by atoms with E-state index >= 15 is 0 Å². The molecule has 1 saturated heterocycles. The molecule has 0 aromatic heterocycles. The number of hydrogen-bond acceptors (Lipinski definition) is 3. The molecule has 17 heavy (non-hydrogen) atoms. The fourth-order valence-corrected chi connectivity index (χ4v) is 1.95. The molecule has 100 valence electrons. The van der Waals surface area contributed by atoms with Crippen LogP contribution in [-0.4, -0.2) is 38.3 Å². The Morgan fingerprint density at radius 1 is 1.59 bits per heavy atom. The Bertz CT molecular complexity index is 215. The van der Waals surface area contributed by atoms with Crippen LogP contribution in [0.1, 0.15) is 39.5 Å². The minimum atomic E-state index is -0.325. The average molecular weight is 242 g/mol. The van der Waals surface area contributed by atoms with E-state index in [4.69, 9.17) is 4.74 Å². The van der Waals surface area contributed by atoms with Crippen molar-refractivity contribution < 1.29 is 9.53 Å². The van der Waals surface area contributed by atoms with Crippen molar-refractivity contribution in [1.82, 2.24) is 10.6 Å². The summed E-state index contributed by atoms with van der Waals surface area (Å²) < 4.78 is 5.62. The number of ether oxygens (including phenoxy) is 1. The second kappa shape index (κ2) is 8.48. The molecule has 2 atom stereocenters. The third-order valence-corrected chi connectivity index (χ3v) is 3.18. The van der Waals surface area contributed by atoms with E-state index in [2.05, 4.69) is 17.6 Å². The third kappa shape index (κ3) is 6.03. The normalized spacial score (nSPS) is 22.1. The molecule has 1 amide bonds. The summed E-state index contributed by atoms with van der Waals surface area (Å²) >= 11 is 0. The van der Waals surface area contributed by atoms with Gasteiger partial charge in [-0.1, -0.05) is 13.3 Å². The SMILES string of the molecule is CCCCNC(=O)C(C)OCC1CCCNC1. The molecule has 0 aliphatic carbocycles. The number of piperidine rings is 1. The Hall–Kier alpha value is -0.610. The Morgan fingerprint density at radius 2 is 2.41 bits per heavy atom. The highest BCUT2D eigenvalue weighted by molar-refractivity contribution is 5.80. The first-order valence-electron chi connectivity index (χ1n) is 6.84. The van der Waals surface area contributed by atoms with E-state index in [1.165, 1.54) is 12.8 Å². The Morgan fingerprint density at radius 3 is 3.06 bits per heavy atom. The number of nitrogens with one attached hydrogen (secondary N) is 2. The highest BCUT2D eigenvalue weighted by Crippen LogP contribution is 2.10. The summed E-state index contributed by atoms with van der Waals surface area (Å²) in [7, 11) is 0. The smallest absolute Gasteiger partial charge is 0.248 e. The van der Waals surface area contributed by atoms with Crippen molar-refractivity contribution in [3.63, 3.8) is 0 Å². The Kier molecular flexibility index (Phi) is 7.21. The van der Waals surface area contributed by atoms with Crippen molar-refractivity contribution in [3.05, 3.63) is 0 Å². The number of carbonyl (C=O) groups excluding carboxylic acids is 1. The minimum absolute atomic E-state index is 0.0159. The number of carbonyl (C=O) groups is 1. The van der Waals surface area contributed by atoms with Gasteiger partial charge < -0.3 is 15.4 Å². The molecule has 0 radical (unpaired) electrons. The van der Waals surface area contributed by atoms with Gasteiger partial charge in [0.05, 0.1) is 6.61 Å². The molecule has 0 aromatic carbocycles. The zero-order chi connectivity index (χ0) is 12.5. The average Bonchev–Trinajstić information content (AvgIpc) is 2.37. The molecule has 0 aromatic rings. The van der Waals surface area contributed by atoms with Gasteiger partial charge in [0.25, 0.3) is 0 Å². The lowest BCUT2D eigenvalue weighted by atomic mass is 10.0. The van der Waals surface area contributed by atoms with Crippen LogP contribution in [0.2, 0.25) is 0 Å². The molecular formula is C13H26N2O2. The predicted octanol–water partition coefficient (Wildman–Crippen LogP) is 1.31. The molecule has 0 spiro atoms. The highest BCUT2D eigenvalue weighted by atomic mass is 16.5. The van der Waals surface area contributed by atoms with Gasteiger partial charge >= 0.3 is 0 Å². The summed E-state index contributed by atoms with van der Waals surface area (Å²) in [6, 6.07) is 0. The molecule has 0 bridgehead atoms. The molecule has 1 fully saturated rings. The van der Waals surface area contributed by atoms with Crippen LogP contribution < -0.4 is 10.6 Å². The van der Waals surface area contributed by atoms with Crippen molar-refractivity contribution in [2.75, 3.05) is 26.2 Å². The molecule has 2 N–H and O–H groups in total. The van der Waals surface area contributed by atoms with Gasteiger partial charge in [0.2, 0.25) is 5.91 Å². The minimum Gasteiger partial charge on any atom is -0.368 e.